The van der Waals surface area contributed by atoms with Crippen LogP contribution in [0.2, 0.25) is 0 Å². The topological polar surface area (TPSA) is 61.6 Å². The van der Waals surface area contributed by atoms with E-state index in [9.17, 15) is 4.79 Å². The van der Waals surface area contributed by atoms with Crippen molar-refractivity contribution in [2.24, 2.45) is 5.73 Å². The van der Waals surface area contributed by atoms with Crippen LogP contribution in [0, 0.1) is 0 Å². The van der Waals surface area contributed by atoms with Crippen molar-refractivity contribution < 1.29 is 14.3 Å². The van der Waals surface area contributed by atoms with Gasteiger partial charge in [-0.3, -0.25) is 4.79 Å². The Labute approximate surface area is 125 Å². The number of primary amides is 1. The molecule has 2 N–H and O–H groups in total. The summed E-state index contributed by atoms with van der Waals surface area (Å²) < 4.78 is 11.8. The lowest BCUT2D eigenvalue weighted by Gasteiger charge is -2.11. The van der Waals surface area contributed by atoms with E-state index >= 15 is 0 Å². The van der Waals surface area contributed by atoms with E-state index in [0.717, 1.165) is 15.8 Å². The molecule has 0 aliphatic heterocycles. The quantitative estimate of drug-likeness (QED) is 0.912. The summed E-state index contributed by atoms with van der Waals surface area (Å²) in [5.74, 6) is 0.704. The summed E-state index contributed by atoms with van der Waals surface area (Å²) in [6.45, 7) is 0.308. The van der Waals surface area contributed by atoms with Crippen LogP contribution in [0.1, 0.15) is 15.9 Å². The Balaban J connectivity index is 2.19. The van der Waals surface area contributed by atoms with Crippen LogP contribution in [0.3, 0.4) is 0 Å². The maximum atomic E-state index is 11.3. The smallest absolute Gasteiger partial charge is 0.252 e. The fourth-order valence-electron chi connectivity index (χ4n) is 1.74. The predicted molar refractivity (Wildman–Crippen MR) is 80.0 cm³/mol. The lowest BCUT2D eigenvalue weighted by Crippen LogP contribution is -2.13. The third-order valence-corrected chi connectivity index (χ3v) is 3.56. The molecule has 0 aromatic heterocycles. The number of carbonyl (C=O) groups is 1. The summed E-state index contributed by atoms with van der Waals surface area (Å²) in [6, 6.07) is 12.5. The number of methoxy groups -OCH3 is 1. The van der Waals surface area contributed by atoms with Crippen molar-refractivity contribution in [3.8, 4) is 11.5 Å². The zero-order valence-electron chi connectivity index (χ0n) is 10.9. The van der Waals surface area contributed by atoms with Gasteiger partial charge in [-0.1, -0.05) is 28.1 Å². The zero-order chi connectivity index (χ0) is 14.5. The third-order valence-electron chi connectivity index (χ3n) is 2.79. The molecular weight excluding hydrogens is 322 g/mol. The molecule has 0 bridgehead atoms. The molecule has 104 valence electrons. The van der Waals surface area contributed by atoms with Crippen molar-refractivity contribution in [2.45, 2.75) is 6.61 Å². The van der Waals surface area contributed by atoms with Gasteiger partial charge in [0.15, 0.2) is 0 Å². The van der Waals surface area contributed by atoms with Crippen molar-refractivity contribution in [2.75, 3.05) is 7.11 Å². The summed E-state index contributed by atoms with van der Waals surface area (Å²) in [5, 5.41) is 0. The molecule has 5 heteroatoms. The first-order chi connectivity index (χ1) is 9.61. The summed E-state index contributed by atoms with van der Waals surface area (Å²) in [5.41, 5.74) is 6.60. The third kappa shape index (κ3) is 3.30. The molecule has 0 aliphatic carbocycles. The molecule has 2 aromatic rings. The molecule has 0 fully saturated rings. The number of benzene rings is 2. The second-order valence-electron chi connectivity index (χ2n) is 4.11. The molecule has 2 aromatic carbocycles. The number of halogens is 1. The number of hydrogen-bond donors (Lipinski definition) is 1. The fourth-order valence-corrected chi connectivity index (χ4v) is 2.10. The standard InChI is InChI=1S/C15H14BrNO3/c1-19-11-6-7-13(16)10(8-11)9-20-14-5-3-2-4-12(14)15(17)18/h2-8H,9H2,1H3,(H2,17,18). The van der Waals surface area contributed by atoms with Gasteiger partial charge in [-0.25, -0.2) is 0 Å². The maximum absolute atomic E-state index is 11.3. The normalized spacial score (nSPS) is 10.1. The summed E-state index contributed by atoms with van der Waals surface area (Å²) >= 11 is 3.45. The zero-order valence-corrected chi connectivity index (χ0v) is 12.5. The van der Waals surface area contributed by atoms with Gasteiger partial charge < -0.3 is 15.2 Å². The van der Waals surface area contributed by atoms with E-state index < -0.39 is 5.91 Å². The first-order valence-corrected chi connectivity index (χ1v) is 6.75. The van der Waals surface area contributed by atoms with E-state index in [4.69, 9.17) is 15.2 Å². The SMILES string of the molecule is COc1ccc(Br)c(COc2ccccc2C(N)=O)c1. The van der Waals surface area contributed by atoms with Crippen LogP contribution in [0.25, 0.3) is 0 Å². The van der Waals surface area contributed by atoms with Crippen LogP contribution >= 0.6 is 15.9 Å². The summed E-state index contributed by atoms with van der Waals surface area (Å²) in [7, 11) is 1.61. The number of nitrogens with two attached hydrogens (primary N) is 1. The molecule has 0 spiro atoms. The minimum absolute atomic E-state index is 0.308. The number of rotatable bonds is 5. The Hall–Kier alpha value is -2.01. The van der Waals surface area contributed by atoms with Crippen molar-refractivity contribution in [3.05, 3.63) is 58.1 Å². The lowest BCUT2D eigenvalue weighted by atomic mass is 10.2. The molecule has 20 heavy (non-hydrogen) atoms. The molecule has 0 atom stereocenters. The molecule has 2 rings (SSSR count). The van der Waals surface area contributed by atoms with Crippen molar-refractivity contribution in [1.29, 1.82) is 0 Å². The average Bonchev–Trinajstić information content (AvgIpc) is 2.46. The first kappa shape index (κ1) is 14.4. The second-order valence-corrected chi connectivity index (χ2v) is 4.96. The van der Waals surface area contributed by atoms with E-state index in [1.54, 1.807) is 31.4 Å². The van der Waals surface area contributed by atoms with Gasteiger partial charge in [-0.05, 0) is 30.3 Å². The minimum Gasteiger partial charge on any atom is -0.497 e. The van der Waals surface area contributed by atoms with Crippen LogP contribution < -0.4 is 15.2 Å². The van der Waals surface area contributed by atoms with Gasteiger partial charge in [-0.2, -0.15) is 0 Å². The monoisotopic (exact) mass is 335 g/mol. The van der Waals surface area contributed by atoms with E-state index in [2.05, 4.69) is 15.9 Å². The second kappa shape index (κ2) is 6.43. The predicted octanol–water partition coefficient (Wildman–Crippen LogP) is 3.14. The van der Waals surface area contributed by atoms with E-state index in [1.165, 1.54) is 0 Å². The van der Waals surface area contributed by atoms with E-state index in [0.29, 0.717) is 17.9 Å². The Bertz CT molecular complexity index is 628. The number of amides is 1. The van der Waals surface area contributed by atoms with Gasteiger partial charge in [0.2, 0.25) is 0 Å². The molecule has 0 saturated heterocycles. The number of ether oxygens (including phenoxy) is 2. The minimum atomic E-state index is -0.509. The van der Waals surface area contributed by atoms with Crippen LogP contribution in [-0.4, -0.2) is 13.0 Å². The summed E-state index contributed by atoms with van der Waals surface area (Å²) in [6.07, 6.45) is 0. The Kier molecular flexibility index (Phi) is 4.63. The van der Waals surface area contributed by atoms with Crippen LogP contribution in [0.15, 0.2) is 46.9 Å². The highest BCUT2D eigenvalue weighted by molar-refractivity contribution is 9.10. The Morgan fingerprint density at radius 3 is 2.70 bits per heavy atom. The van der Waals surface area contributed by atoms with E-state index in [1.807, 2.05) is 18.2 Å². The molecule has 1 amide bonds. The highest BCUT2D eigenvalue weighted by Gasteiger charge is 2.09. The molecule has 4 nitrogen and oxygen atoms in total. The van der Waals surface area contributed by atoms with Gasteiger partial charge >= 0.3 is 0 Å². The highest BCUT2D eigenvalue weighted by Crippen LogP contribution is 2.25. The lowest BCUT2D eigenvalue weighted by molar-refractivity contribution is 0.0996. The molecule has 0 heterocycles. The van der Waals surface area contributed by atoms with Crippen LogP contribution in [0.5, 0.6) is 11.5 Å². The van der Waals surface area contributed by atoms with Gasteiger partial charge in [0, 0.05) is 10.0 Å². The van der Waals surface area contributed by atoms with Crippen molar-refractivity contribution in [1.82, 2.24) is 0 Å². The average molecular weight is 336 g/mol. The molecule has 0 unspecified atom stereocenters. The fraction of sp³-hybridized carbons (Fsp3) is 0.133. The van der Waals surface area contributed by atoms with Gasteiger partial charge in [0.05, 0.1) is 12.7 Å². The van der Waals surface area contributed by atoms with E-state index in [-0.39, 0.29) is 0 Å². The number of para-hydroxylation sites is 1. The maximum Gasteiger partial charge on any atom is 0.252 e. The first-order valence-electron chi connectivity index (χ1n) is 5.96. The van der Waals surface area contributed by atoms with Crippen molar-refractivity contribution >= 4 is 21.8 Å². The van der Waals surface area contributed by atoms with Gasteiger partial charge in [-0.15, -0.1) is 0 Å². The molecular formula is C15H14BrNO3. The van der Waals surface area contributed by atoms with Crippen molar-refractivity contribution in [3.63, 3.8) is 0 Å². The largest absolute Gasteiger partial charge is 0.497 e. The molecule has 0 aliphatic rings. The number of carbonyl (C=O) groups excluding carboxylic acids is 1. The van der Waals surface area contributed by atoms with Gasteiger partial charge in [0.1, 0.15) is 18.1 Å². The molecule has 0 saturated carbocycles. The van der Waals surface area contributed by atoms with Gasteiger partial charge in [0.25, 0.3) is 5.91 Å². The Morgan fingerprint density at radius 1 is 1.25 bits per heavy atom. The number of hydrogen-bond acceptors (Lipinski definition) is 3. The summed E-state index contributed by atoms with van der Waals surface area (Å²) in [4.78, 5) is 11.3. The Morgan fingerprint density at radius 2 is 2.00 bits per heavy atom. The van der Waals surface area contributed by atoms with Crippen LogP contribution in [0.4, 0.5) is 0 Å². The van der Waals surface area contributed by atoms with Crippen LogP contribution in [-0.2, 0) is 6.61 Å². The highest BCUT2D eigenvalue weighted by atomic mass is 79.9. The molecule has 0 radical (unpaired) electrons.